The van der Waals surface area contributed by atoms with Crippen LogP contribution in [0.1, 0.15) is 29.2 Å². The van der Waals surface area contributed by atoms with Gasteiger partial charge in [-0.15, -0.1) is 0 Å². The van der Waals surface area contributed by atoms with E-state index in [1.165, 1.54) is 24.0 Å². The van der Waals surface area contributed by atoms with Crippen molar-refractivity contribution in [1.29, 1.82) is 0 Å². The second-order valence-corrected chi connectivity index (χ2v) is 8.18. The number of rotatable bonds is 6. The standard InChI is InChI=1S/C23H26N2O4S/c1-6-29-17-7-8-19-20(11-17)30-23(25(19)13-22(27)28-5)24-21(26)12-18-15(3)9-14(2)10-16(18)4/h7-11H,6,12-13H2,1-5H3. The molecule has 3 rings (SSSR count). The number of esters is 1. The van der Waals surface area contributed by atoms with Crippen LogP contribution in [-0.4, -0.2) is 30.2 Å². The number of aryl methyl sites for hydroxylation is 3. The summed E-state index contributed by atoms with van der Waals surface area (Å²) in [4.78, 5) is 29.6. The van der Waals surface area contributed by atoms with E-state index in [1.807, 2.05) is 45.9 Å². The first kappa shape index (κ1) is 21.8. The molecular formula is C23H26N2O4S. The molecule has 2 aromatic carbocycles. The zero-order chi connectivity index (χ0) is 21.8. The second kappa shape index (κ2) is 9.26. The Hall–Kier alpha value is -2.93. The van der Waals surface area contributed by atoms with E-state index in [0.717, 1.165) is 32.7 Å². The lowest BCUT2D eigenvalue weighted by molar-refractivity contribution is -0.141. The molecule has 0 bridgehead atoms. The number of ether oxygens (including phenoxy) is 2. The maximum atomic E-state index is 12.8. The molecule has 0 atom stereocenters. The minimum absolute atomic E-state index is 0.0147. The monoisotopic (exact) mass is 426 g/mol. The molecule has 0 radical (unpaired) electrons. The van der Waals surface area contributed by atoms with Gasteiger partial charge in [0.2, 0.25) is 0 Å². The molecule has 0 N–H and O–H groups in total. The van der Waals surface area contributed by atoms with Gasteiger partial charge in [0.05, 0.1) is 30.4 Å². The smallest absolute Gasteiger partial charge is 0.325 e. The maximum absolute atomic E-state index is 12.8. The van der Waals surface area contributed by atoms with Crippen LogP contribution >= 0.6 is 11.3 Å². The molecule has 1 aromatic heterocycles. The number of fused-ring (bicyclic) bond motifs is 1. The number of hydrogen-bond donors (Lipinski definition) is 0. The summed E-state index contributed by atoms with van der Waals surface area (Å²) < 4.78 is 13.0. The van der Waals surface area contributed by atoms with Crippen molar-refractivity contribution in [1.82, 2.24) is 4.57 Å². The fourth-order valence-corrected chi connectivity index (χ4v) is 4.60. The molecule has 1 amide bonds. The zero-order valence-electron chi connectivity index (χ0n) is 17.9. The molecule has 0 aliphatic heterocycles. The molecular weight excluding hydrogens is 400 g/mol. The van der Waals surface area contributed by atoms with Crippen molar-refractivity contribution >= 4 is 33.4 Å². The van der Waals surface area contributed by atoms with Crippen LogP contribution in [0.3, 0.4) is 0 Å². The number of hydrogen-bond acceptors (Lipinski definition) is 5. The topological polar surface area (TPSA) is 69.9 Å². The van der Waals surface area contributed by atoms with Gasteiger partial charge in [0.15, 0.2) is 4.80 Å². The summed E-state index contributed by atoms with van der Waals surface area (Å²) in [5.74, 6) is 0.0863. The number of amides is 1. The van der Waals surface area contributed by atoms with Crippen molar-refractivity contribution < 1.29 is 19.1 Å². The molecule has 0 unspecified atom stereocenters. The fourth-order valence-electron chi connectivity index (χ4n) is 3.53. The highest BCUT2D eigenvalue weighted by molar-refractivity contribution is 7.16. The molecule has 1 heterocycles. The minimum Gasteiger partial charge on any atom is -0.494 e. The molecule has 0 spiro atoms. The number of benzene rings is 2. The van der Waals surface area contributed by atoms with E-state index in [2.05, 4.69) is 17.1 Å². The van der Waals surface area contributed by atoms with Crippen molar-refractivity contribution in [3.8, 4) is 5.75 Å². The molecule has 158 valence electrons. The van der Waals surface area contributed by atoms with Crippen molar-refractivity contribution in [3.63, 3.8) is 0 Å². The van der Waals surface area contributed by atoms with Gasteiger partial charge in [-0.2, -0.15) is 4.99 Å². The van der Waals surface area contributed by atoms with Gasteiger partial charge in [-0.05, 0) is 62.6 Å². The average molecular weight is 427 g/mol. The second-order valence-electron chi connectivity index (χ2n) is 7.17. The number of aromatic nitrogens is 1. The quantitative estimate of drug-likeness (QED) is 0.561. The van der Waals surface area contributed by atoms with Gasteiger partial charge in [-0.3, -0.25) is 9.59 Å². The van der Waals surface area contributed by atoms with E-state index >= 15 is 0 Å². The number of carbonyl (C=O) groups excluding carboxylic acids is 2. The third-order valence-corrected chi connectivity index (χ3v) is 5.91. The lowest BCUT2D eigenvalue weighted by Crippen LogP contribution is -2.22. The zero-order valence-corrected chi connectivity index (χ0v) is 18.8. The molecule has 7 heteroatoms. The summed E-state index contributed by atoms with van der Waals surface area (Å²) in [5.41, 5.74) is 5.13. The summed E-state index contributed by atoms with van der Waals surface area (Å²) in [6.45, 7) is 8.52. The van der Waals surface area contributed by atoms with Gasteiger partial charge in [0.25, 0.3) is 5.91 Å². The van der Waals surface area contributed by atoms with E-state index in [9.17, 15) is 9.59 Å². The molecule has 0 aliphatic carbocycles. The highest BCUT2D eigenvalue weighted by atomic mass is 32.1. The molecule has 30 heavy (non-hydrogen) atoms. The molecule has 0 saturated heterocycles. The summed E-state index contributed by atoms with van der Waals surface area (Å²) in [6, 6.07) is 9.76. The summed E-state index contributed by atoms with van der Waals surface area (Å²) in [6.07, 6.45) is 0.217. The third-order valence-electron chi connectivity index (χ3n) is 4.87. The lowest BCUT2D eigenvalue weighted by atomic mass is 9.97. The molecule has 3 aromatic rings. The van der Waals surface area contributed by atoms with Crippen LogP contribution in [0.5, 0.6) is 5.75 Å². The Bertz CT molecular complexity index is 1150. The average Bonchev–Trinajstić information content (AvgIpc) is 3.01. The third kappa shape index (κ3) is 4.79. The maximum Gasteiger partial charge on any atom is 0.325 e. The van der Waals surface area contributed by atoms with Crippen molar-refractivity contribution in [2.75, 3.05) is 13.7 Å². The van der Waals surface area contributed by atoms with Crippen LogP contribution in [0.15, 0.2) is 35.3 Å². The van der Waals surface area contributed by atoms with Gasteiger partial charge in [0, 0.05) is 0 Å². The number of nitrogens with zero attached hydrogens (tertiary/aromatic N) is 2. The van der Waals surface area contributed by atoms with E-state index in [0.29, 0.717) is 11.4 Å². The molecule has 0 aliphatic rings. The first-order chi connectivity index (χ1) is 14.3. The Morgan fingerprint density at radius 1 is 1.10 bits per heavy atom. The van der Waals surface area contributed by atoms with Crippen LogP contribution < -0.4 is 9.54 Å². The Morgan fingerprint density at radius 3 is 2.43 bits per heavy atom. The Morgan fingerprint density at radius 2 is 1.80 bits per heavy atom. The van der Waals surface area contributed by atoms with Crippen molar-refractivity contribution in [3.05, 3.63) is 57.4 Å². The van der Waals surface area contributed by atoms with E-state index < -0.39 is 5.97 Å². The molecule has 0 fully saturated rings. The Labute approximate surface area is 179 Å². The summed E-state index contributed by atoms with van der Waals surface area (Å²) >= 11 is 1.35. The lowest BCUT2D eigenvalue weighted by Gasteiger charge is -2.09. The van der Waals surface area contributed by atoms with Crippen molar-refractivity contribution in [2.24, 2.45) is 4.99 Å². The summed E-state index contributed by atoms with van der Waals surface area (Å²) in [7, 11) is 1.34. The van der Waals surface area contributed by atoms with Crippen LogP contribution in [0.4, 0.5) is 0 Å². The van der Waals surface area contributed by atoms with E-state index in [1.54, 1.807) is 4.57 Å². The largest absolute Gasteiger partial charge is 0.494 e. The van der Waals surface area contributed by atoms with Gasteiger partial charge in [0.1, 0.15) is 12.3 Å². The van der Waals surface area contributed by atoms with Crippen LogP contribution in [0, 0.1) is 20.8 Å². The minimum atomic E-state index is -0.400. The number of carbonyl (C=O) groups is 2. The molecule has 0 saturated carbocycles. The normalized spacial score (nSPS) is 11.7. The number of methoxy groups -OCH3 is 1. The number of thiazole rings is 1. The van der Waals surface area contributed by atoms with Crippen LogP contribution in [0.25, 0.3) is 10.2 Å². The summed E-state index contributed by atoms with van der Waals surface area (Å²) in [5, 5.41) is 0. The van der Waals surface area contributed by atoms with Crippen LogP contribution in [0.2, 0.25) is 0 Å². The van der Waals surface area contributed by atoms with Gasteiger partial charge in [-0.25, -0.2) is 0 Å². The Kier molecular flexibility index (Phi) is 6.72. The molecule has 6 nitrogen and oxygen atoms in total. The predicted molar refractivity (Wildman–Crippen MR) is 118 cm³/mol. The van der Waals surface area contributed by atoms with Crippen LogP contribution in [-0.2, 0) is 27.3 Å². The SMILES string of the molecule is CCOc1ccc2c(c1)sc(=NC(=O)Cc1c(C)cc(C)cc1C)n2CC(=O)OC. The predicted octanol–water partition coefficient (Wildman–Crippen LogP) is 3.87. The van der Waals surface area contributed by atoms with Gasteiger partial charge in [-0.1, -0.05) is 29.0 Å². The highest BCUT2D eigenvalue weighted by Crippen LogP contribution is 2.24. The van der Waals surface area contributed by atoms with Crippen molar-refractivity contribution in [2.45, 2.75) is 40.7 Å². The van der Waals surface area contributed by atoms with Gasteiger partial charge >= 0.3 is 5.97 Å². The van der Waals surface area contributed by atoms with E-state index in [-0.39, 0.29) is 18.9 Å². The van der Waals surface area contributed by atoms with E-state index in [4.69, 9.17) is 9.47 Å². The Balaban J connectivity index is 2.04. The first-order valence-electron chi connectivity index (χ1n) is 9.79. The highest BCUT2D eigenvalue weighted by Gasteiger charge is 2.14. The van der Waals surface area contributed by atoms with Gasteiger partial charge < -0.3 is 14.0 Å². The first-order valence-corrected chi connectivity index (χ1v) is 10.6. The fraction of sp³-hybridized carbons (Fsp3) is 0.348.